The molecule has 1 aliphatic carbocycles. The molecule has 0 aromatic heterocycles. The molecule has 126 valence electrons. The summed E-state index contributed by atoms with van der Waals surface area (Å²) in [6.45, 7) is 6.51. The molecule has 5 heteroatoms. The van der Waals surface area contributed by atoms with Crippen LogP contribution in [-0.2, 0) is 15.0 Å². The molecule has 1 saturated carbocycles. The highest BCUT2D eigenvalue weighted by molar-refractivity contribution is 5.82. The normalized spacial score (nSPS) is 20.0. The molecular weight excluding hydrogens is 295 g/mol. The predicted molar refractivity (Wildman–Crippen MR) is 87.3 cm³/mol. The highest BCUT2D eigenvalue weighted by Gasteiger charge is 2.38. The lowest BCUT2D eigenvalue weighted by Crippen LogP contribution is -2.38. The van der Waals surface area contributed by atoms with Crippen molar-refractivity contribution >= 4 is 11.8 Å². The van der Waals surface area contributed by atoms with Gasteiger partial charge in [0.25, 0.3) is 0 Å². The monoisotopic (exact) mass is 320 g/mol. The maximum absolute atomic E-state index is 13.9. The van der Waals surface area contributed by atoms with Gasteiger partial charge in [-0.2, -0.15) is 0 Å². The lowest BCUT2D eigenvalue weighted by Gasteiger charge is -2.26. The Hall–Kier alpha value is -1.91. The molecule has 1 aliphatic rings. The smallest absolute Gasteiger partial charge is 0.223 e. The molecule has 1 aromatic rings. The predicted octanol–water partition coefficient (Wildman–Crippen LogP) is 2.38. The van der Waals surface area contributed by atoms with Gasteiger partial charge in [0.1, 0.15) is 5.82 Å². The van der Waals surface area contributed by atoms with Crippen molar-refractivity contribution in [1.82, 2.24) is 10.6 Å². The molecule has 2 amide bonds. The fourth-order valence-corrected chi connectivity index (χ4v) is 2.63. The molecule has 4 nitrogen and oxygen atoms in total. The molecular formula is C18H25FN2O2. The van der Waals surface area contributed by atoms with Gasteiger partial charge in [-0.05, 0) is 24.0 Å². The van der Waals surface area contributed by atoms with Gasteiger partial charge in [0.15, 0.2) is 0 Å². The van der Waals surface area contributed by atoms with Gasteiger partial charge in [-0.15, -0.1) is 0 Å². The lowest BCUT2D eigenvalue weighted by molar-refractivity contribution is -0.123. The summed E-state index contributed by atoms with van der Waals surface area (Å²) in [7, 11) is 0. The van der Waals surface area contributed by atoms with Crippen molar-refractivity contribution in [3.05, 3.63) is 35.6 Å². The number of carbonyl (C=O) groups excluding carboxylic acids is 2. The van der Waals surface area contributed by atoms with Crippen LogP contribution in [0.25, 0.3) is 0 Å². The molecule has 0 radical (unpaired) electrons. The van der Waals surface area contributed by atoms with E-state index >= 15 is 0 Å². The molecule has 2 unspecified atom stereocenters. The van der Waals surface area contributed by atoms with Gasteiger partial charge in [0, 0.05) is 30.8 Å². The van der Waals surface area contributed by atoms with Crippen molar-refractivity contribution in [2.75, 3.05) is 13.1 Å². The Bertz CT molecular complexity index is 586. The van der Waals surface area contributed by atoms with Crippen molar-refractivity contribution < 1.29 is 14.0 Å². The van der Waals surface area contributed by atoms with Crippen LogP contribution in [0.2, 0.25) is 0 Å². The zero-order valence-corrected chi connectivity index (χ0v) is 14.0. The number of rotatable bonds is 7. The Morgan fingerprint density at radius 1 is 1.26 bits per heavy atom. The van der Waals surface area contributed by atoms with Crippen LogP contribution in [0.1, 0.15) is 39.2 Å². The van der Waals surface area contributed by atoms with Crippen molar-refractivity contribution in [2.24, 2.45) is 11.8 Å². The minimum atomic E-state index is -0.492. The van der Waals surface area contributed by atoms with Crippen molar-refractivity contribution in [3.63, 3.8) is 0 Å². The first-order valence-electron chi connectivity index (χ1n) is 8.10. The average molecular weight is 320 g/mol. The Morgan fingerprint density at radius 2 is 1.91 bits per heavy atom. The summed E-state index contributed by atoms with van der Waals surface area (Å²) in [5.74, 6) is 0.219. The minimum absolute atomic E-state index is 0.0389. The highest BCUT2D eigenvalue weighted by Crippen LogP contribution is 2.37. The summed E-state index contributed by atoms with van der Waals surface area (Å²) in [6.07, 6.45) is 1.18. The molecule has 0 aliphatic heterocycles. The van der Waals surface area contributed by atoms with Crippen molar-refractivity contribution in [2.45, 2.75) is 39.0 Å². The van der Waals surface area contributed by atoms with Gasteiger partial charge in [0.05, 0.1) is 0 Å². The van der Waals surface area contributed by atoms with Gasteiger partial charge >= 0.3 is 0 Å². The molecule has 1 aromatic carbocycles. The molecule has 0 bridgehead atoms. The zero-order chi connectivity index (χ0) is 17.0. The third-order valence-electron chi connectivity index (χ3n) is 4.43. The molecule has 0 saturated heterocycles. The van der Waals surface area contributed by atoms with Gasteiger partial charge in [-0.1, -0.05) is 39.0 Å². The maximum atomic E-state index is 13.9. The fraction of sp³-hybridized carbons (Fsp3) is 0.556. The van der Waals surface area contributed by atoms with E-state index in [1.54, 1.807) is 18.2 Å². The van der Waals surface area contributed by atoms with E-state index in [0.717, 1.165) is 6.42 Å². The van der Waals surface area contributed by atoms with E-state index in [1.165, 1.54) is 6.07 Å². The quantitative estimate of drug-likeness (QED) is 0.810. The Balaban J connectivity index is 1.73. The number of benzene rings is 1. The van der Waals surface area contributed by atoms with E-state index in [9.17, 15) is 14.0 Å². The van der Waals surface area contributed by atoms with Crippen LogP contribution in [0, 0.1) is 17.7 Å². The minimum Gasteiger partial charge on any atom is -0.355 e. The summed E-state index contributed by atoms with van der Waals surface area (Å²) in [6, 6.07) is 6.60. The molecule has 2 rings (SSSR count). The van der Waals surface area contributed by atoms with E-state index in [-0.39, 0.29) is 30.0 Å². The van der Waals surface area contributed by atoms with E-state index < -0.39 is 5.41 Å². The number of halogens is 1. The second-order valence-electron chi connectivity index (χ2n) is 7.00. The van der Waals surface area contributed by atoms with Crippen LogP contribution in [-0.4, -0.2) is 24.9 Å². The number of hydrogen-bond donors (Lipinski definition) is 2. The van der Waals surface area contributed by atoms with Crippen LogP contribution < -0.4 is 10.6 Å². The van der Waals surface area contributed by atoms with Gasteiger partial charge in [0.2, 0.25) is 11.8 Å². The highest BCUT2D eigenvalue weighted by atomic mass is 19.1. The molecule has 2 N–H and O–H groups in total. The van der Waals surface area contributed by atoms with Crippen molar-refractivity contribution in [3.8, 4) is 0 Å². The average Bonchev–Trinajstić information content (AvgIpc) is 3.22. The van der Waals surface area contributed by atoms with E-state index in [2.05, 4.69) is 10.6 Å². The van der Waals surface area contributed by atoms with Crippen LogP contribution >= 0.6 is 0 Å². The number of nitrogens with one attached hydrogen (secondary N) is 2. The van der Waals surface area contributed by atoms with Gasteiger partial charge in [-0.25, -0.2) is 4.39 Å². The lowest BCUT2D eigenvalue weighted by atomic mass is 9.84. The summed E-state index contributed by atoms with van der Waals surface area (Å²) < 4.78 is 13.9. The second kappa shape index (κ2) is 7.11. The topological polar surface area (TPSA) is 58.2 Å². The molecule has 0 spiro atoms. The fourth-order valence-electron chi connectivity index (χ4n) is 2.63. The molecule has 2 atom stereocenters. The van der Waals surface area contributed by atoms with Crippen LogP contribution in [0.3, 0.4) is 0 Å². The second-order valence-corrected chi connectivity index (χ2v) is 7.00. The first-order valence-corrected chi connectivity index (χ1v) is 8.10. The van der Waals surface area contributed by atoms with Gasteiger partial charge in [-0.3, -0.25) is 9.59 Å². The first kappa shape index (κ1) is 17.4. The molecule has 0 heterocycles. The zero-order valence-electron chi connectivity index (χ0n) is 14.0. The summed E-state index contributed by atoms with van der Waals surface area (Å²) in [5.41, 5.74) is 0.0876. The Labute approximate surface area is 136 Å². The van der Waals surface area contributed by atoms with E-state index in [1.807, 2.05) is 20.8 Å². The van der Waals surface area contributed by atoms with Gasteiger partial charge < -0.3 is 10.6 Å². The summed E-state index contributed by atoms with van der Waals surface area (Å²) in [4.78, 5) is 23.5. The first-order chi connectivity index (χ1) is 10.8. The van der Waals surface area contributed by atoms with E-state index in [0.29, 0.717) is 24.6 Å². The molecule has 23 heavy (non-hydrogen) atoms. The SMILES string of the molecule is CC1CC1C(=O)NCCC(=O)NCC(C)(C)c1ccccc1F. The third kappa shape index (κ3) is 4.78. The Kier molecular flexibility index (Phi) is 5.39. The number of carbonyl (C=O) groups is 2. The van der Waals surface area contributed by atoms with Crippen molar-refractivity contribution in [1.29, 1.82) is 0 Å². The summed E-state index contributed by atoms with van der Waals surface area (Å²) >= 11 is 0. The van der Waals surface area contributed by atoms with Crippen LogP contribution in [0.15, 0.2) is 24.3 Å². The number of hydrogen-bond acceptors (Lipinski definition) is 2. The van der Waals surface area contributed by atoms with Crippen LogP contribution in [0.5, 0.6) is 0 Å². The summed E-state index contributed by atoms with van der Waals surface area (Å²) in [5, 5.41) is 5.60. The van der Waals surface area contributed by atoms with Crippen LogP contribution in [0.4, 0.5) is 4.39 Å². The largest absolute Gasteiger partial charge is 0.355 e. The maximum Gasteiger partial charge on any atom is 0.223 e. The third-order valence-corrected chi connectivity index (χ3v) is 4.43. The van der Waals surface area contributed by atoms with E-state index in [4.69, 9.17) is 0 Å². The Morgan fingerprint density at radius 3 is 2.52 bits per heavy atom. The molecule has 1 fully saturated rings. The standard InChI is InChI=1S/C18H25FN2O2/c1-12-10-13(12)17(23)20-9-8-16(22)21-11-18(2,3)14-6-4-5-7-15(14)19/h4-7,12-13H,8-11H2,1-3H3,(H,20,23)(H,21,22). The number of amides is 2.